The van der Waals surface area contributed by atoms with E-state index in [-0.39, 0.29) is 11.7 Å². The summed E-state index contributed by atoms with van der Waals surface area (Å²) in [6.45, 7) is 0.728. The van der Waals surface area contributed by atoms with Gasteiger partial charge in [0.2, 0.25) is 5.91 Å². The van der Waals surface area contributed by atoms with Crippen molar-refractivity contribution in [3.8, 4) is 5.75 Å². The van der Waals surface area contributed by atoms with Gasteiger partial charge in [0.05, 0.1) is 0 Å². The van der Waals surface area contributed by atoms with Gasteiger partial charge in [0.15, 0.2) is 0 Å². The lowest BCUT2D eigenvalue weighted by molar-refractivity contribution is -0.274. The number of rotatable bonds is 6. The summed E-state index contributed by atoms with van der Waals surface area (Å²) in [5.41, 5.74) is 0.434. The summed E-state index contributed by atoms with van der Waals surface area (Å²) in [4.78, 5) is 11.5. The van der Waals surface area contributed by atoms with Crippen LogP contribution in [0.1, 0.15) is 12.8 Å². The second kappa shape index (κ2) is 6.98. The van der Waals surface area contributed by atoms with Crippen LogP contribution in [0.15, 0.2) is 24.3 Å². The van der Waals surface area contributed by atoms with E-state index in [4.69, 9.17) is 0 Å². The predicted molar refractivity (Wildman–Crippen MR) is 64.9 cm³/mol. The molecule has 7 heteroatoms. The summed E-state index contributed by atoms with van der Waals surface area (Å²) in [6.07, 6.45) is -3.67. The number of halogens is 3. The topological polar surface area (TPSA) is 50.4 Å². The molecule has 0 atom stereocenters. The third kappa shape index (κ3) is 6.66. The number of hydrogen-bond acceptors (Lipinski definition) is 3. The van der Waals surface area contributed by atoms with Crippen molar-refractivity contribution in [2.75, 3.05) is 18.9 Å². The fourth-order valence-electron chi connectivity index (χ4n) is 1.39. The predicted octanol–water partition coefficient (Wildman–Crippen LogP) is 2.52. The molecule has 1 amide bonds. The van der Waals surface area contributed by atoms with Crippen LogP contribution in [-0.2, 0) is 4.79 Å². The van der Waals surface area contributed by atoms with Gasteiger partial charge in [0.1, 0.15) is 5.75 Å². The van der Waals surface area contributed by atoms with Crippen molar-refractivity contribution in [1.29, 1.82) is 0 Å². The molecule has 0 fully saturated rings. The van der Waals surface area contributed by atoms with Crippen molar-refractivity contribution < 1.29 is 22.7 Å². The minimum absolute atomic E-state index is 0.181. The molecule has 0 aliphatic carbocycles. The Bertz CT molecular complexity index is 404. The van der Waals surface area contributed by atoms with Gasteiger partial charge in [-0.05, 0) is 44.3 Å². The fourth-order valence-corrected chi connectivity index (χ4v) is 1.39. The summed E-state index contributed by atoms with van der Waals surface area (Å²) >= 11 is 0. The number of alkyl halides is 3. The molecule has 0 heterocycles. The number of amides is 1. The molecule has 19 heavy (non-hydrogen) atoms. The lowest BCUT2D eigenvalue weighted by Crippen LogP contribution is -2.17. The highest BCUT2D eigenvalue weighted by Crippen LogP contribution is 2.23. The fraction of sp³-hybridized carbons (Fsp3) is 0.417. The Hall–Kier alpha value is -1.76. The van der Waals surface area contributed by atoms with Gasteiger partial charge in [-0.1, -0.05) is 0 Å². The first-order valence-corrected chi connectivity index (χ1v) is 5.71. The van der Waals surface area contributed by atoms with Crippen LogP contribution >= 0.6 is 0 Å². The number of ether oxygens (including phenoxy) is 1. The Labute approximate surface area is 108 Å². The number of hydrogen-bond donors (Lipinski definition) is 2. The monoisotopic (exact) mass is 276 g/mol. The van der Waals surface area contributed by atoms with Gasteiger partial charge in [-0.15, -0.1) is 13.2 Å². The molecule has 0 aliphatic rings. The van der Waals surface area contributed by atoms with Crippen LogP contribution in [0.4, 0.5) is 18.9 Å². The third-order valence-electron chi connectivity index (χ3n) is 2.20. The molecule has 1 aromatic rings. The van der Waals surface area contributed by atoms with Gasteiger partial charge < -0.3 is 15.4 Å². The summed E-state index contributed by atoms with van der Waals surface area (Å²) in [6, 6.07) is 5.02. The molecule has 0 saturated carbocycles. The van der Waals surface area contributed by atoms with E-state index in [1.807, 2.05) is 0 Å². The molecule has 0 bridgehead atoms. The number of benzene rings is 1. The zero-order valence-corrected chi connectivity index (χ0v) is 10.4. The highest BCUT2D eigenvalue weighted by molar-refractivity contribution is 5.90. The second-order valence-corrected chi connectivity index (χ2v) is 3.83. The van der Waals surface area contributed by atoms with E-state index in [2.05, 4.69) is 15.4 Å². The quantitative estimate of drug-likeness (QED) is 0.785. The van der Waals surface area contributed by atoms with E-state index in [0.29, 0.717) is 18.5 Å². The van der Waals surface area contributed by atoms with E-state index < -0.39 is 6.36 Å². The van der Waals surface area contributed by atoms with Crippen molar-refractivity contribution in [2.45, 2.75) is 19.2 Å². The SMILES string of the molecule is CNCCCC(=O)Nc1ccc(OC(F)(F)F)cc1. The van der Waals surface area contributed by atoms with Crippen LogP contribution in [0.3, 0.4) is 0 Å². The average Bonchev–Trinajstić information content (AvgIpc) is 2.30. The molecule has 1 rings (SSSR count). The Balaban J connectivity index is 2.46. The number of carbonyl (C=O) groups is 1. The number of anilines is 1. The van der Waals surface area contributed by atoms with Gasteiger partial charge >= 0.3 is 6.36 Å². The van der Waals surface area contributed by atoms with Crippen LogP contribution in [-0.4, -0.2) is 25.9 Å². The van der Waals surface area contributed by atoms with Gasteiger partial charge in [-0.3, -0.25) is 4.79 Å². The van der Waals surface area contributed by atoms with E-state index in [0.717, 1.165) is 18.7 Å². The van der Waals surface area contributed by atoms with Crippen molar-refractivity contribution in [2.24, 2.45) is 0 Å². The minimum Gasteiger partial charge on any atom is -0.406 e. The smallest absolute Gasteiger partial charge is 0.406 e. The molecule has 0 spiro atoms. The van der Waals surface area contributed by atoms with Crippen molar-refractivity contribution in [1.82, 2.24) is 5.32 Å². The molecule has 0 aromatic heterocycles. The highest BCUT2D eigenvalue weighted by atomic mass is 19.4. The lowest BCUT2D eigenvalue weighted by atomic mass is 10.2. The van der Waals surface area contributed by atoms with Gasteiger partial charge in [-0.25, -0.2) is 0 Å². The van der Waals surface area contributed by atoms with Crippen molar-refractivity contribution in [3.63, 3.8) is 0 Å². The first-order chi connectivity index (χ1) is 8.90. The Morgan fingerprint density at radius 1 is 1.26 bits per heavy atom. The van der Waals surface area contributed by atoms with Crippen LogP contribution < -0.4 is 15.4 Å². The molecule has 106 valence electrons. The maximum Gasteiger partial charge on any atom is 0.573 e. The minimum atomic E-state index is -4.71. The maximum atomic E-state index is 11.9. The normalized spacial score (nSPS) is 11.2. The summed E-state index contributed by atoms with van der Waals surface area (Å²) < 4.78 is 39.5. The molecule has 0 unspecified atom stereocenters. The molecule has 4 nitrogen and oxygen atoms in total. The average molecular weight is 276 g/mol. The van der Waals surface area contributed by atoms with Gasteiger partial charge in [0.25, 0.3) is 0 Å². The molecule has 0 saturated heterocycles. The van der Waals surface area contributed by atoms with Gasteiger partial charge in [0, 0.05) is 12.1 Å². The largest absolute Gasteiger partial charge is 0.573 e. The van der Waals surface area contributed by atoms with E-state index in [1.54, 1.807) is 7.05 Å². The molecule has 0 radical (unpaired) electrons. The molecular weight excluding hydrogens is 261 g/mol. The summed E-state index contributed by atoms with van der Waals surface area (Å²) in [5, 5.41) is 5.50. The summed E-state index contributed by atoms with van der Waals surface area (Å²) in [7, 11) is 1.79. The Morgan fingerprint density at radius 3 is 2.42 bits per heavy atom. The number of carbonyl (C=O) groups excluding carboxylic acids is 1. The van der Waals surface area contributed by atoms with Crippen molar-refractivity contribution >= 4 is 11.6 Å². The lowest BCUT2D eigenvalue weighted by Gasteiger charge is -2.10. The number of nitrogens with one attached hydrogen (secondary N) is 2. The van der Waals surface area contributed by atoms with E-state index in [9.17, 15) is 18.0 Å². The Kier molecular flexibility index (Phi) is 5.62. The molecule has 0 aliphatic heterocycles. The maximum absolute atomic E-state index is 11.9. The molecular formula is C12H15F3N2O2. The summed E-state index contributed by atoms with van der Waals surface area (Å²) in [5.74, 6) is -0.500. The van der Waals surface area contributed by atoms with Crippen LogP contribution in [0.2, 0.25) is 0 Å². The van der Waals surface area contributed by atoms with Crippen molar-refractivity contribution in [3.05, 3.63) is 24.3 Å². The van der Waals surface area contributed by atoms with Crippen LogP contribution in [0.5, 0.6) is 5.75 Å². The third-order valence-corrected chi connectivity index (χ3v) is 2.20. The first-order valence-electron chi connectivity index (χ1n) is 5.71. The first kappa shape index (κ1) is 15.3. The Morgan fingerprint density at radius 2 is 1.89 bits per heavy atom. The standard InChI is InChI=1S/C12H15F3N2O2/c1-16-8-2-3-11(18)17-9-4-6-10(7-5-9)19-12(13,14)15/h4-7,16H,2-3,8H2,1H3,(H,17,18). The second-order valence-electron chi connectivity index (χ2n) is 3.83. The zero-order valence-electron chi connectivity index (χ0n) is 10.4. The van der Waals surface area contributed by atoms with E-state index >= 15 is 0 Å². The van der Waals surface area contributed by atoms with E-state index in [1.165, 1.54) is 12.1 Å². The van der Waals surface area contributed by atoms with Crippen LogP contribution in [0.25, 0.3) is 0 Å². The zero-order chi connectivity index (χ0) is 14.3. The van der Waals surface area contributed by atoms with Gasteiger partial charge in [-0.2, -0.15) is 0 Å². The van der Waals surface area contributed by atoms with Crippen LogP contribution in [0, 0.1) is 0 Å². The highest BCUT2D eigenvalue weighted by Gasteiger charge is 2.30. The molecule has 2 N–H and O–H groups in total. The molecule has 1 aromatic carbocycles.